The highest BCUT2D eigenvalue weighted by Gasteiger charge is 2.25. The summed E-state index contributed by atoms with van der Waals surface area (Å²) in [7, 11) is 0. The van der Waals surface area contributed by atoms with Crippen molar-refractivity contribution in [3.8, 4) is 0 Å². The molecule has 5 rings (SSSR count). The van der Waals surface area contributed by atoms with E-state index in [-0.39, 0.29) is 0 Å². The van der Waals surface area contributed by atoms with Gasteiger partial charge in [0.25, 0.3) is 0 Å². The molecular formula is C28H25NS. The van der Waals surface area contributed by atoms with E-state index in [0.717, 1.165) is 17.8 Å². The van der Waals surface area contributed by atoms with Gasteiger partial charge in [-0.2, -0.15) is 0 Å². The van der Waals surface area contributed by atoms with Crippen LogP contribution in [0, 0.1) is 0 Å². The van der Waals surface area contributed by atoms with Gasteiger partial charge in [0.1, 0.15) is 0 Å². The normalized spacial score (nSPS) is 17.1. The molecule has 0 spiro atoms. The van der Waals surface area contributed by atoms with Crippen molar-refractivity contribution < 1.29 is 0 Å². The predicted octanol–water partition coefficient (Wildman–Crippen LogP) is 8.03. The summed E-state index contributed by atoms with van der Waals surface area (Å²) in [5.41, 5.74) is 7.68. The van der Waals surface area contributed by atoms with Crippen LogP contribution in [0.4, 0.5) is 5.69 Å². The molecule has 3 aromatic rings. The van der Waals surface area contributed by atoms with Gasteiger partial charge in [-0.05, 0) is 35.3 Å². The Morgan fingerprint density at radius 2 is 1.43 bits per heavy atom. The molecule has 0 fully saturated rings. The summed E-state index contributed by atoms with van der Waals surface area (Å²) in [5.74, 6) is 0.712. The Hall–Kier alpha value is -2.84. The fraction of sp³-hybridized carbons (Fsp3) is 0.179. The minimum atomic E-state index is 0.312. The molecule has 0 saturated heterocycles. The average molecular weight is 408 g/mol. The van der Waals surface area contributed by atoms with Crippen LogP contribution < -0.4 is 0 Å². The second-order valence-electron chi connectivity index (χ2n) is 8.05. The van der Waals surface area contributed by atoms with Crippen LogP contribution in [0.25, 0.3) is 0 Å². The third-order valence-electron chi connectivity index (χ3n) is 6.20. The molecule has 0 N–H and O–H groups in total. The van der Waals surface area contributed by atoms with Crippen LogP contribution in [0.15, 0.2) is 111 Å². The lowest BCUT2D eigenvalue weighted by Gasteiger charge is -2.26. The minimum Gasteiger partial charge on any atom is -0.246 e. The van der Waals surface area contributed by atoms with Crippen molar-refractivity contribution in [1.29, 1.82) is 0 Å². The van der Waals surface area contributed by atoms with Gasteiger partial charge in [-0.3, -0.25) is 0 Å². The van der Waals surface area contributed by atoms with Gasteiger partial charge in [-0.1, -0.05) is 110 Å². The van der Waals surface area contributed by atoms with Crippen LogP contribution in [0.1, 0.15) is 48.8 Å². The molecular weight excluding hydrogens is 382 g/mol. The number of rotatable bonds is 4. The van der Waals surface area contributed by atoms with E-state index in [1.807, 2.05) is 11.8 Å². The number of fused-ring (bicyclic) bond motifs is 2. The first-order valence-electron chi connectivity index (χ1n) is 10.6. The molecule has 148 valence electrons. The van der Waals surface area contributed by atoms with Crippen LogP contribution in [0.3, 0.4) is 0 Å². The van der Waals surface area contributed by atoms with E-state index in [1.165, 1.54) is 32.1 Å². The van der Waals surface area contributed by atoms with E-state index < -0.39 is 0 Å². The Morgan fingerprint density at radius 1 is 0.767 bits per heavy atom. The van der Waals surface area contributed by atoms with E-state index in [9.17, 15) is 0 Å². The summed E-state index contributed by atoms with van der Waals surface area (Å²) in [5, 5.41) is 0. The van der Waals surface area contributed by atoms with E-state index in [4.69, 9.17) is 4.99 Å². The number of benzene rings is 3. The molecule has 1 heterocycles. The molecule has 2 heteroatoms. The van der Waals surface area contributed by atoms with Gasteiger partial charge in [0.2, 0.25) is 0 Å². The first-order chi connectivity index (χ1) is 14.7. The Morgan fingerprint density at radius 3 is 2.13 bits per heavy atom. The minimum absolute atomic E-state index is 0.312. The second kappa shape index (κ2) is 8.12. The summed E-state index contributed by atoms with van der Waals surface area (Å²) < 4.78 is 0. The van der Waals surface area contributed by atoms with Gasteiger partial charge in [-0.15, -0.1) is 0 Å². The number of para-hydroxylation sites is 1. The number of nitrogens with zero attached hydrogens (tertiary/aromatic N) is 1. The molecule has 1 aliphatic heterocycles. The number of allylic oxidation sites excluding steroid dienone is 4. The highest BCUT2D eigenvalue weighted by atomic mass is 32.2. The lowest BCUT2D eigenvalue weighted by Crippen LogP contribution is -2.11. The Bertz CT molecular complexity index is 1160. The van der Waals surface area contributed by atoms with E-state index >= 15 is 0 Å². The Kier molecular flexibility index (Phi) is 5.18. The second-order valence-corrected chi connectivity index (χ2v) is 9.13. The Labute approximate surface area is 183 Å². The van der Waals surface area contributed by atoms with Gasteiger partial charge in [0.15, 0.2) is 0 Å². The third kappa shape index (κ3) is 3.57. The van der Waals surface area contributed by atoms with E-state index in [1.54, 1.807) is 0 Å². The highest BCUT2D eigenvalue weighted by Crippen LogP contribution is 2.47. The molecule has 2 aliphatic rings. The van der Waals surface area contributed by atoms with Crippen LogP contribution >= 0.6 is 11.8 Å². The van der Waals surface area contributed by atoms with Crippen molar-refractivity contribution in [3.05, 3.63) is 118 Å². The quantitative estimate of drug-likeness (QED) is 0.426. The summed E-state index contributed by atoms with van der Waals surface area (Å²) in [6.07, 6.45) is 5.67. The summed E-state index contributed by atoms with van der Waals surface area (Å²) >= 11 is 1.86. The summed E-state index contributed by atoms with van der Waals surface area (Å²) in [4.78, 5) is 7.74. The SMILES string of the molecule is CC(C1=CC2=Nc3c(cccc3C(C)c3ccccc3)SC2=CC1)c1ccccc1. The third-order valence-corrected chi connectivity index (χ3v) is 7.35. The highest BCUT2D eigenvalue weighted by molar-refractivity contribution is 8.04. The molecule has 1 aliphatic carbocycles. The zero-order valence-corrected chi connectivity index (χ0v) is 18.2. The molecule has 3 aromatic carbocycles. The Balaban J connectivity index is 1.53. The first-order valence-corrected chi connectivity index (χ1v) is 11.4. The smallest absolute Gasteiger partial charge is 0.0814 e. The number of hydrogen-bond acceptors (Lipinski definition) is 2. The first kappa shape index (κ1) is 19.1. The molecule has 0 radical (unpaired) electrons. The summed E-state index contributed by atoms with van der Waals surface area (Å²) in [6, 6.07) is 28.1. The van der Waals surface area contributed by atoms with Gasteiger partial charge < -0.3 is 0 Å². The molecule has 0 bridgehead atoms. The molecule has 0 aromatic heterocycles. The van der Waals surface area contributed by atoms with Crippen molar-refractivity contribution in [3.63, 3.8) is 0 Å². The zero-order chi connectivity index (χ0) is 20.5. The van der Waals surface area contributed by atoms with Crippen molar-refractivity contribution in [2.45, 2.75) is 37.0 Å². The van der Waals surface area contributed by atoms with Gasteiger partial charge in [0.05, 0.1) is 11.4 Å². The van der Waals surface area contributed by atoms with Crippen molar-refractivity contribution in [1.82, 2.24) is 0 Å². The van der Waals surface area contributed by atoms with Crippen LogP contribution in [0.5, 0.6) is 0 Å². The lowest BCUT2D eigenvalue weighted by atomic mass is 9.87. The largest absolute Gasteiger partial charge is 0.246 e. The van der Waals surface area contributed by atoms with E-state index in [2.05, 4.69) is 105 Å². The topological polar surface area (TPSA) is 12.4 Å². The maximum Gasteiger partial charge on any atom is 0.0814 e. The monoisotopic (exact) mass is 407 g/mol. The van der Waals surface area contributed by atoms with Crippen LogP contribution in [-0.4, -0.2) is 5.71 Å². The maximum atomic E-state index is 5.19. The predicted molar refractivity (Wildman–Crippen MR) is 129 cm³/mol. The fourth-order valence-corrected chi connectivity index (χ4v) is 5.33. The number of aliphatic imine (C=N–C) groups is 1. The van der Waals surface area contributed by atoms with Crippen LogP contribution in [0.2, 0.25) is 0 Å². The standard InChI is InChI=1S/C28H25NS/c1-19(21-10-5-3-6-11-21)23-16-17-26-25(18-23)29-28-24(14-9-15-27(28)30-26)20(2)22-12-7-4-8-13-22/h3-15,17-20H,16H2,1-2H3. The number of thioether (sulfide) groups is 1. The van der Waals surface area contributed by atoms with Gasteiger partial charge >= 0.3 is 0 Å². The average Bonchev–Trinajstić information content (AvgIpc) is 2.82. The molecule has 2 atom stereocenters. The van der Waals surface area contributed by atoms with Crippen LogP contribution in [-0.2, 0) is 0 Å². The molecule has 0 saturated carbocycles. The van der Waals surface area contributed by atoms with Crippen molar-refractivity contribution in [2.24, 2.45) is 4.99 Å². The van der Waals surface area contributed by atoms with E-state index in [0.29, 0.717) is 11.8 Å². The molecule has 0 amide bonds. The van der Waals surface area contributed by atoms with Crippen molar-refractivity contribution >= 4 is 23.2 Å². The molecule has 30 heavy (non-hydrogen) atoms. The fourth-order valence-electron chi connectivity index (χ4n) is 4.31. The number of hydrogen-bond donors (Lipinski definition) is 0. The molecule has 2 unspecified atom stereocenters. The maximum absolute atomic E-state index is 5.19. The zero-order valence-electron chi connectivity index (χ0n) is 17.4. The van der Waals surface area contributed by atoms with Crippen molar-refractivity contribution in [2.75, 3.05) is 0 Å². The van der Waals surface area contributed by atoms with Gasteiger partial charge in [-0.25, -0.2) is 4.99 Å². The lowest BCUT2D eigenvalue weighted by molar-refractivity contribution is 0.860. The van der Waals surface area contributed by atoms with Gasteiger partial charge in [0, 0.05) is 21.6 Å². The summed E-state index contributed by atoms with van der Waals surface area (Å²) in [6.45, 7) is 4.58. The molecule has 1 nitrogen and oxygen atoms in total.